The van der Waals surface area contributed by atoms with Crippen molar-refractivity contribution >= 4 is 5.71 Å². The summed E-state index contributed by atoms with van der Waals surface area (Å²) < 4.78 is 0. The molecule has 0 aromatic heterocycles. The molecular weight excluding hydrogens is 122 g/mol. The van der Waals surface area contributed by atoms with E-state index >= 15 is 0 Å². The van der Waals surface area contributed by atoms with Crippen LogP contribution in [0.2, 0.25) is 0 Å². The van der Waals surface area contributed by atoms with E-state index in [4.69, 9.17) is 0 Å². The van der Waals surface area contributed by atoms with Crippen LogP contribution in [0.15, 0.2) is 16.8 Å². The van der Waals surface area contributed by atoms with Crippen LogP contribution in [0.4, 0.5) is 0 Å². The highest BCUT2D eigenvalue weighted by atomic mass is 14.8. The summed E-state index contributed by atoms with van der Waals surface area (Å²) in [5, 5.41) is 0. The van der Waals surface area contributed by atoms with Gasteiger partial charge in [-0.15, -0.1) is 0 Å². The van der Waals surface area contributed by atoms with Gasteiger partial charge in [0.2, 0.25) is 0 Å². The summed E-state index contributed by atoms with van der Waals surface area (Å²) in [4.78, 5) is 4.36. The molecule has 10 heavy (non-hydrogen) atoms. The minimum atomic E-state index is 0.748. The molecule has 0 aromatic rings. The molecule has 0 saturated carbocycles. The summed E-state index contributed by atoms with van der Waals surface area (Å²) in [7, 11) is 0. The van der Waals surface area contributed by atoms with E-state index in [1.54, 1.807) is 0 Å². The molecule has 1 unspecified atom stereocenters. The van der Waals surface area contributed by atoms with Gasteiger partial charge in [-0.2, -0.15) is 0 Å². The monoisotopic (exact) mass is 137 g/mol. The molecule has 1 aliphatic rings. The second-order valence-corrected chi connectivity index (χ2v) is 3.03. The fourth-order valence-electron chi connectivity index (χ4n) is 1.43. The fraction of sp³-hybridized carbons (Fsp3) is 0.667. The number of rotatable bonds is 1. The van der Waals surface area contributed by atoms with Crippen molar-refractivity contribution in [2.75, 3.05) is 0 Å². The Morgan fingerprint density at radius 2 is 2.30 bits per heavy atom. The van der Waals surface area contributed by atoms with Crippen LogP contribution in [-0.4, -0.2) is 5.71 Å². The van der Waals surface area contributed by atoms with Gasteiger partial charge < -0.3 is 0 Å². The van der Waals surface area contributed by atoms with Gasteiger partial charge in [0.1, 0.15) is 0 Å². The summed E-state index contributed by atoms with van der Waals surface area (Å²) in [6.07, 6.45) is 4.67. The highest BCUT2D eigenvalue weighted by Gasteiger charge is 2.09. The molecule has 1 heteroatoms. The van der Waals surface area contributed by atoms with E-state index in [9.17, 15) is 0 Å². The smallest absolute Gasteiger partial charge is 0.0335 e. The van der Waals surface area contributed by atoms with Crippen LogP contribution in [-0.2, 0) is 0 Å². The molecular formula is C9H15N. The van der Waals surface area contributed by atoms with Crippen molar-refractivity contribution in [1.82, 2.24) is 0 Å². The minimum absolute atomic E-state index is 0.748. The average molecular weight is 137 g/mol. The molecule has 0 saturated heterocycles. The summed E-state index contributed by atoms with van der Waals surface area (Å²) in [5.41, 5.74) is 2.47. The first-order valence-electron chi connectivity index (χ1n) is 3.95. The van der Waals surface area contributed by atoms with Gasteiger partial charge in [-0.05, 0) is 32.6 Å². The predicted octanol–water partition coefficient (Wildman–Crippen LogP) is 2.78. The Kier molecular flexibility index (Phi) is 2.25. The standard InChI is InChI=1S/C9H15N/c1-4-9-5-7(2)10-8(3)6-9/h5,9H,4,6H2,1-3H3. The Morgan fingerprint density at radius 3 is 2.80 bits per heavy atom. The molecule has 1 rings (SSSR count). The lowest BCUT2D eigenvalue weighted by atomic mass is 9.96. The molecule has 1 heterocycles. The first-order chi connectivity index (χ1) is 4.72. The van der Waals surface area contributed by atoms with Gasteiger partial charge in [0.25, 0.3) is 0 Å². The molecule has 0 fully saturated rings. The van der Waals surface area contributed by atoms with E-state index in [1.165, 1.54) is 17.8 Å². The third-order valence-corrected chi connectivity index (χ3v) is 1.93. The zero-order valence-corrected chi connectivity index (χ0v) is 7.02. The van der Waals surface area contributed by atoms with Crippen molar-refractivity contribution in [3.8, 4) is 0 Å². The second-order valence-electron chi connectivity index (χ2n) is 3.03. The van der Waals surface area contributed by atoms with Crippen LogP contribution >= 0.6 is 0 Å². The lowest BCUT2D eigenvalue weighted by Gasteiger charge is -2.15. The Bertz CT molecular complexity index is 177. The van der Waals surface area contributed by atoms with E-state index in [2.05, 4.69) is 31.8 Å². The van der Waals surface area contributed by atoms with Crippen molar-refractivity contribution in [2.45, 2.75) is 33.6 Å². The SMILES string of the molecule is CCC1C=C(C)N=C(C)C1. The quantitative estimate of drug-likeness (QED) is 0.527. The Hall–Kier alpha value is -0.590. The van der Waals surface area contributed by atoms with Crippen LogP contribution in [0.1, 0.15) is 33.6 Å². The summed E-state index contributed by atoms with van der Waals surface area (Å²) in [5.74, 6) is 0.748. The fourth-order valence-corrected chi connectivity index (χ4v) is 1.43. The van der Waals surface area contributed by atoms with Crippen LogP contribution < -0.4 is 0 Å². The van der Waals surface area contributed by atoms with E-state index in [0.29, 0.717) is 0 Å². The lowest BCUT2D eigenvalue weighted by Crippen LogP contribution is -2.07. The molecule has 0 N–H and O–H groups in total. The van der Waals surface area contributed by atoms with E-state index < -0.39 is 0 Å². The maximum atomic E-state index is 4.36. The Morgan fingerprint density at radius 1 is 1.60 bits per heavy atom. The predicted molar refractivity (Wildman–Crippen MR) is 45.3 cm³/mol. The molecule has 0 aromatic carbocycles. The highest BCUT2D eigenvalue weighted by Crippen LogP contribution is 2.19. The average Bonchev–Trinajstić information content (AvgIpc) is 1.85. The summed E-state index contributed by atoms with van der Waals surface area (Å²) in [6.45, 7) is 6.41. The van der Waals surface area contributed by atoms with Crippen LogP contribution in [0.3, 0.4) is 0 Å². The maximum absolute atomic E-state index is 4.36. The van der Waals surface area contributed by atoms with Gasteiger partial charge in [0.05, 0.1) is 0 Å². The second kappa shape index (κ2) is 3.00. The minimum Gasteiger partial charge on any atom is -0.263 e. The normalized spacial score (nSPS) is 25.7. The lowest BCUT2D eigenvalue weighted by molar-refractivity contribution is 0.639. The first kappa shape index (κ1) is 7.52. The van der Waals surface area contributed by atoms with E-state index in [-0.39, 0.29) is 0 Å². The molecule has 1 nitrogen and oxygen atoms in total. The number of hydrogen-bond donors (Lipinski definition) is 0. The maximum Gasteiger partial charge on any atom is 0.0335 e. The third-order valence-electron chi connectivity index (χ3n) is 1.93. The molecule has 1 aliphatic heterocycles. The van der Waals surface area contributed by atoms with Crippen LogP contribution in [0.5, 0.6) is 0 Å². The van der Waals surface area contributed by atoms with Crippen molar-refractivity contribution < 1.29 is 0 Å². The van der Waals surface area contributed by atoms with Gasteiger partial charge in [0.15, 0.2) is 0 Å². The van der Waals surface area contributed by atoms with Crippen molar-refractivity contribution in [3.63, 3.8) is 0 Å². The zero-order valence-electron chi connectivity index (χ0n) is 7.02. The largest absolute Gasteiger partial charge is 0.263 e. The van der Waals surface area contributed by atoms with Gasteiger partial charge in [-0.3, -0.25) is 4.99 Å². The number of aliphatic imine (C=N–C) groups is 1. The van der Waals surface area contributed by atoms with E-state index in [1.807, 2.05) is 0 Å². The van der Waals surface area contributed by atoms with Crippen molar-refractivity contribution in [3.05, 3.63) is 11.8 Å². The summed E-state index contributed by atoms with van der Waals surface area (Å²) in [6, 6.07) is 0. The molecule has 0 bridgehead atoms. The van der Waals surface area contributed by atoms with Gasteiger partial charge in [-0.1, -0.05) is 13.0 Å². The molecule has 56 valence electrons. The number of nitrogens with zero attached hydrogens (tertiary/aromatic N) is 1. The van der Waals surface area contributed by atoms with Gasteiger partial charge >= 0.3 is 0 Å². The topological polar surface area (TPSA) is 12.4 Å². The number of hydrogen-bond acceptors (Lipinski definition) is 1. The summed E-state index contributed by atoms with van der Waals surface area (Å²) >= 11 is 0. The molecule has 0 radical (unpaired) electrons. The Labute approximate surface area is 62.9 Å². The van der Waals surface area contributed by atoms with Crippen molar-refractivity contribution in [1.29, 1.82) is 0 Å². The first-order valence-corrected chi connectivity index (χ1v) is 3.95. The molecule has 0 aliphatic carbocycles. The molecule has 0 amide bonds. The van der Waals surface area contributed by atoms with E-state index in [0.717, 1.165) is 12.3 Å². The van der Waals surface area contributed by atoms with Gasteiger partial charge in [0, 0.05) is 11.4 Å². The molecule has 1 atom stereocenters. The Balaban J connectivity index is 2.67. The van der Waals surface area contributed by atoms with Crippen LogP contribution in [0.25, 0.3) is 0 Å². The van der Waals surface area contributed by atoms with Crippen LogP contribution in [0, 0.1) is 5.92 Å². The van der Waals surface area contributed by atoms with Crippen molar-refractivity contribution in [2.24, 2.45) is 10.9 Å². The third kappa shape index (κ3) is 1.69. The molecule has 0 spiro atoms. The van der Waals surface area contributed by atoms with Gasteiger partial charge in [-0.25, -0.2) is 0 Å². The zero-order chi connectivity index (χ0) is 7.56. The highest BCUT2D eigenvalue weighted by molar-refractivity contribution is 5.84. The number of allylic oxidation sites excluding steroid dienone is 2.